The monoisotopic (exact) mass is 314 g/mol. The Kier molecular flexibility index (Phi) is 3.94. The van der Waals surface area contributed by atoms with Crippen molar-refractivity contribution in [2.75, 3.05) is 11.1 Å². The molecular formula is C16H14N2OS2. The molecule has 106 valence electrons. The van der Waals surface area contributed by atoms with Crippen molar-refractivity contribution >= 4 is 40.6 Å². The summed E-state index contributed by atoms with van der Waals surface area (Å²) in [6.07, 6.45) is 0. The third kappa shape index (κ3) is 2.94. The molecule has 1 atom stereocenters. The smallest absolute Gasteiger partial charge is 0.232 e. The lowest BCUT2D eigenvalue weighted by Gasteiger charge is -2.12. The third-order valence-electron chi connectivity index (χ3n) is 3.43. The number of hydrogen-bond acceptors (Lipinski definition) is 3. The van der Waals surface area contributed by atoms with Gasteiger partial charge in [0.25, 0.3) is 0 Å². The van der Waals surface area contributed by atoms with Gasteiger partial charge < -0.3 is 11.1 Å². The second-order valence-electron chi connectivity index (χ2n) is 4.84. The Morgan fingerprint density at radius 1 is 1.24 bits per heavy atom. The van der Waals surface area contributed by atoms with Crippen LogP contribution in [0.4, 0.5) is 5.69 Å². The van der Waals surface area contributed by atoms with Crippen LogP contribution in [0.25, 0.3) is 0 Å². The molecule has 0 saturated carbocycles. The molecule has 2 aromatic rings. The van der Waals surface area contributed by atoms with Gasteiger partial charge in [0.15, 0.2) is 0 Å². The van der Waals surface area contributed by atoms with Crippen molar-refractivity contribution in [3.63, 3.8) is 0 Å². The molecule has 3 rings (SSSR count). The van der Waals surface area contributed by atoms with Crippen LogP contribution in [0.15, 0.2) is 53.4 Å². The highest BCUT2D eigenvalue weighted by Crippen LogP contribution is 2.39. The van der Waals surface area contributed by atoms with E-state index in [1.54, 1.807) is 17.8 Å². The first-order valence-electron chi connectivity index (χ1n) is 6.57. The lowest BCUT2D eigenvalue weighted by Crippen LogP contribution is -2.21. The van der Waals surface area contributed by atoms with E-state index in [-0.39, 0.29) is 11.8 Å². The van der Waals surface area contributed by atoms with Gasteiger partial charge in [-0.3, -0.25) is 4.79 Å². The maximum Gasteiger partial charge on any atom is 0.232 e. The van der Waals surface area contributed by atoms with Crippen LogP contribution in [0.5, 0.6) is 0 Å². The van der Waals surface area contributed by atoms with E-state index in [1.807, 2.05) is 36.4 Å². The van der Waals surface area contributed by atoms with Gasteiger partial charge in [-0.25, -0.2) is 0 Å². The zero-order valence-electron chi connectivity index (χ0n) is 11.2. The number of thiocarbonyl (C=S) groups is 1. The number of nitrogens with one attached hydrogen (secondary N) is 1. The number of fused-ring (bicyclic) bond motifs is 1. The Morgan fingerprint density at radius 2 is 2.05 bits per heavy atom. The van der Waals surface area contributed by atoms with Crippen molar-refractivity contribution in [2.24, 2.45) is 5.73 Å². The van der Waals surface area contributed by atoms with E-state index in [9.17, 15) is 4.79 Å². The Morgan fingerprint density at radius 3 is 2.86 bits per heavy atom. The fraction of sp³-hybridized carbons (Fsp3) is 0.125. The fourth-order valence-electron chi connectivity index (χ4n) is 2.36. The van der Waals surface area contributed by atoms with Crippen molar-refractivity contribution in [1.82, 2.24) is 0 Å². The van der Waals surface area contributed by atoms with Crippen molar-refractivity contribution in [3.8, 4) is 0 Å². The zero-order valence-corrected chi connectivity index (χ0v) is 12.8. The molecule has 1 unspecified atom stereocenters. The molecule has 0 bridgehead atoms. The van der Waals surface area contributed by atoms with Crippen LogP contribution in [0.2, 0.25) is 0 Å². The number of amides is 1. The van der Waals surface area contributed by atoms with Gasteiger partial charge in [-0.1, -0.05) is 42.5 Å². The number of carbonyl (C=O) groups excluding carboxylic acids is 1. The van der Waals surface area contributed by atoms with E-state index in [0.717, 1.165) is 22.6 Å². The van der Waals surface area contributed by atoms with Gasteiger partial charge >= 0.3 is 0 Å². The number of nitrogens with two attached hydrogens (primary N) is 1. The van der Waals surface area contributed by atoms with Crippen molar-refractivity contribution in [2.45, 2.75) is 10.8 Å². The maximum atomic E-state index is 12.5. The minimum Gasteiger partial charge on any atom is -0.389 e. The second kappa shape index (κ2) is 5.87. The average molecular weight is 314 g/mol. The largest absolute Gasteiger partial charge is 0.389 e. The molecule has 0 radical (unpaired) electrons. The highest BCUT2D eigenvalue weighted by atomic mass is 32.2. The Labute approximate surface area is 132 Å². The summed E-state index contributed by atoms with van der Waals surface area (Å²) >= 11 is 6.68. The van der Waals surface area contributed by atoms with Gasteiger partial charge in [-0.2, -0.15) is 0 Å². The number of carbonyl (C=O) groups is 1. The van der Waals surface area contributed by atoms with E-state index in [4.69, 9.17) is 18.0 Å². The summed E-state index contributed by atoms with van der Waals surface area (Å²) in [6.45, 7) is 0. The summed E-state index contributed by atoms with van der Waals surface area (Å²) in [4.78, 5) is 14.0. The minimum absolute atomic E-state index is 0.00698. The van der Waals surface area contributed by atoms with Crippen LogP contribution in [-0.4, -0.2) is 16.6 Å². The zero-order chi connectivity index (χ0) is 14.8. The molecule has 0 spiro atoms. The molecule has 0 aromatic heterocycles. The predicted octanol–water partition coefficient (Wildman–Crippen LogP) is 3.15. The average Bonchev–Trinajstić information content (AvgIpc) is 2.91. The van der Waals surface area contributed by atoms with E-state index < -0.39 is 0 Å². The Hall–Kier alpha value is -1.85. The molecule has 3 nitrogen and oxygen atoms in total. The summed E-state index contributed by atoms with van der Waals surface area (Å²) in [5, 5.41) is 2.95. The lowest BCUT2D eigenvalue weighted by atomic mass is 10.0. The topological polar surface area (TPSA) is 55.1 Å². The summed E-state index contributed by atoms with van der Waals surface area (Å²) in [6, 6.07) is 15.4. The van der Waals surface area contributed by atoms with Crippen molar-refractivity contribution < 1.29 is 4.79 Å². The third-order valence-corrected chi connectivity index (χ3v) is 4.85. The number of anilines is 1. The standard InChI is InChI=1S/C16H14N2OS2/c17-15(20)10-4-3-5-11(8-10)18-16(19)13-9-21-14-7-2-1-6-12(13)14/h1-8,13H,9H2,(H2,17,20)(H,18,19). The molecule has 0 saturated heterocycles. The summed E-state index contributed by atoms with van der Waals surface area (Å²) in [7, 11) is 0. The minimum atomic E-state index is -0.111. The number of hydrogen-bond donors (Lipinski definition) is 2. The van der Waals surface area contributed by atoms with Gasteiger partial charge in [0.1, 0.15) is 4.99 Å². The molecule has 0 aliphatic carbocycles. The van der Waals surface area contributed by atoms with Crippen LogP contribution in [0.1, 0.15) is 17.0 Å². The first-order valence-corrected chi connectivity index (χ1v) is 7.97. The molecule has 1 heterocycles. The van der Waals surface area contributed by atoms with E-state index >= 15 is 0 Å². The maximum absolute atomic E-state index is 12.5. The molecule has 5 heteroatoms. The Bertz CT molecular complexity index is 715. The fourth-order valence-corrected chi connectivity index (χ4v) is 3.72. The van der Waals surface area contributed by atoms with E-state index in [0.29, 0.717) is 4.99 Å². The van der Waals surface area contributed by atoms with Gasteiger partial charge in [0.2, 0.25) is 5.91 Å². The molecule has 1 aliphatic heterocycles. The normalized spacial score (nSPS) is 16.3. The summed E-state index contributed by atoms with van der Waals surface area (Å²) in [5.41, 5.74) is 8.19. The molecule has 3 N–H and O–H groups in total. The molecule has 2 aromatic carbocycles. The molecular weight excluding hydrogens is 300 g/mol. The highest BCUT2D eigenvalue weighted by molar-refractivity contribution is 7.99. The molecule has 21 heavy (non-hydrogen) atoms. The number of thioether (sulfide) groups is 1. The van der Waals surface area contributed by atoms with E-state index in [1.165, 1.54) is 4.90 Å². The van der Waals surface area contributed by atoms with Gasteiger partial charge in [-0.05, 0) is 23.8 Å². The summed E-state index contributed by atoms with van der Waals surface area (Å²) in [5.74, 6) is 0.674. The van der Waals surface area contributed by atoms with Crippen LogP contribution in [0, 0.1) is 0 Å². The Balaban J connectivity index is 1.79. The molecule has 1 aliphatic rings. The van der Waals surface area contributed by atoms with Gasteiger partial charge in [0.05, 0.1) is 5.92 Å². The quantitative estimate of drug-likeness (QED) is 0.855. The number of benzene rings is 2. The van der Waals surface area contributed by atoms with Crippen LogP contribution >= 0.6 is 24.0 Å². The first-order chi connectivity index (χ1) is 10.1. The van der Waals surface area contributed by atoms with Gasteiger partial charge in [-0.15, -0.1) is 11.8 Å². The predicted molar refractivity (Wildman–Crippen MR) is 90.9 cm³/mol. The van der Waals surface area contributed by atoms with Gasteiger partial charge in [0, 0.05) is 21.9 Å². The number of rotatable bonds is 3. The van der Waals surface area contributed by atoms with Crippen molar-refractivity contribution in [1.29, 1.82) is 0 Å². The van der Waals surface area contributed by atoms with Crippen LogP contribution in [0.3, 0.4) is 0 Å². The lowest BCUT2D eigenvalue weighted by molar-refractivity contribution is -0.117. The van der Waals surface area contributed by atoms with E-state index in [2.05, 4.69) is 11.4 Å². The molecule has 1 amide bonds. The highest BCUT2D eigenvalue weighted by Gasteiger charge is 2.28. The molecule has 0 fully saturated rings. The van der Waals surface area contributed by atoms with Crippen LogP contribution in [-0.2, 0) is 4.79 Å². The van der Waals surface area contributed by atoms with Crippen LogP contribution < -0.4 is 11.1 Å². The summed E-state index contributed by atoms with van der Waals surface area (Å²) < 4.78 is 0. The van der Waals surface area contributed by atoms with Crippen molar-refractivity contribution in [3.05, 3.63) is 59.7 Å². The SMILES string of the molecule is NC(=S)c1cccc(NC(=O)C2CSc3ccccc32)c1. The first kappa shape index (κ1) is 14.1. The second-order valence-corrected chi connectivity index (χ2v) is 6.34.